The summed E-state index contributed by atoms with van der Waals surface area (Å²) in [4.78, 5) is 12.5. The highest BCUT2D eigenvalue weighted by molar-refractivity contribution is 7.89. The van der Waals surface area contributed by atoms with E-state index >= 15 is 0 Å². The molecule has 26 heavy (non-hydrogen) atoms. The van der Waals surface area contributed by atoms with Gasteiger partial charge in [0.15, 0.2) is 0 Å². The zero-order chi connectivity index (χ0) is 19.1. The Bertz CT molecular complexity index is 833. The summed E-state index contributed by atoms with van der Waals surface area (Å²) in [6.07, 6.45) is 3.42. The Hall–Kier alpha value is -1.66. The van der Waals surface area contributed by atoms with Gasteiger partial charge in [0.25, 0.3) is 0 Å². The second-order valence-corrected chi connectivity index (χ2v) is 10.0. The maximum atomic E-state index is 13.1. The van der Waals surface area contributed by atoms with E-state index in [4.69, 9.17) is 0 Å². The number of nitrogens with zero attached hydrogens (tertiary/aromatic N) is 1. The fraction of sp³-hybridized carbons (Fsp3) is 0.550. The molecule has 1 heterocycles. The Morgan fingerprint density at radius 3 is 2.46 bits per heavy atom. The standard InChI is InChI=1S/C20H28N2O3S/c1-13(2)21-20(23)18-8-16-5-6-19(10-17(16)9-18)26(24,25)22-11-14(3)7-15(4)12-22/h5-6,9-10,13-15H,7-8,11-12H2,1-4H3,(H,21,23). The maximum Gasteiger partial charge on any atom is 0.247 e. The molecule has 5 nitrogen and oxygen atoms in total. The van der Waals surface area contributed by atoms with Crippen molar-refractivity contribution >= 4 is 22.0 Å². The number of rotatable bonds is 4. The predicted octanol–water partition coefficient (Wildman–Crippen LogP) is 2.82. The smallest absolute Gasteiger partial charge is 0.247 e. The lowest BCUT2D eigenvalue weighted by Crippen LogP contribution is -2.42. The van der Waals surface area contributed by atoms with Crippen molar-refractivity contribution in [3.05, 3.63) is 34.9 Å². The van der Waals surface area contributed by atoms with Crippen molar-refractivity contribution in [1.29, 1.82) is 0 Å². The summed E-state index contributed by atoms with van der Waals surface area (Å²) in [5.41, 5.74) is 2.51. The number of carbonyl (C=O) groups excluding carboxylic acids is 1. The molecule has 0 radical (unpaired) electrons. The minimum atomic E-state index is -3.50. The van der Waals surface area contributed by atoms with Crippen molar-refractivity contribution in [2.75, 3.05) is 13.1 Å². The van der Waals surface area contributed by atoms with Gasteiger partial charge in [0, 0.05) is 31.1 Å². The van der Waals surface area contributed by atoms with E-state index in [1.165, 1.54) is 0 Å². The van der Waals surface area contributed by atoms with Crippen molar-refractivity contribution in [1.82, 2.24) is 9.62 Å². The summed E-state index contributed by atoms with van der Waals surface area (Å²) >= 11 is 0. The highest BCUT2D eigenvalue weighted by Crippen LogP contribution is 2.31. The molecule has 0 saturated carbocycles. The van der Waals surface area contributed by atoms with Gasteiger partial charge >= 0.3 is 0 Å². The molecule has 1 aliphatic heterocycles. The SMILES string of the molecule is CC1CC(C)CN(S(=O)(=O)c2ccc3c(c2)C=C(C(=O)NC(C)C)C3)C1. The third-order valence-electron chi connectivity index (χ3n) is 5.01. The number of carbonyl (C=O) groups is 1. The van der Waals surface area contributed by atoms with Crippen molar-refractivity contribution in [3.63, 3.8) is 0 Å². The summed E-state index contributed by atoms with van der Waals surface area (Å²) in [7, 11) is -3.50. The molecule has 2 unspecified atom stereocenters. The normalized spacial score (nSPS) is 23.7. The molecule has 6 heteroatoms. The average molecular weight is 377 g/mol. The summed E-state index contributed by atoms with van der Waals surface area (Å²) in [6.45, 7) is 9.19. The van der Waals surface area contributed by atoms with Crippen LogP contribution in [-0.4, -0.2) is 37.8 Å². The second kappa shape index (κ2) is 7.16. The predicted molar refractivity (Wildman–Crippen MR) is 103 cm³/mol. The minimum absolute atomic E-state index is 0.0751. The topological polar surface area (TPSA) is 66.5 Å². The number of hydrogen-bond acceptors (Lipinski definition) is 3. The largest absolute Gasteiger partial charge is 0.350 e. The van der Waals surface area contributed by atoms with Gasteiger partial charge in [-0.05, 0) is 61.4 Å². The molecule has 0 spiro atoms. The van der Waals surface area contributed by atoms with Gasteiger partial charge in [-0.3, -0.25) is 4.79 Å². The number of amides is 1. The Morgan fingerprint density at radius 1 is 1.19 bits per heavy atom. The molecule has 0 aromatic heterocycles. The Balaban J connectivity index is 1.85. The number of hydrogen-bond donors (Lipinski definition) is 1. The molecule has 1 fully saturated rings. The van der Waals surface area contributed by atoms with Crippen LogP contribution >= 0.6 is 0 Å². The van der Waals surface area contributed by atoms with E-state index < -0.39 is 10.0 Å². The first-order chi connectivity index (χ1) is 12.2. The molecule has 1 N–H and O–H groups in total. The van der Waals surface area contributed by atoms with Crippen LogP contribution in [-0.2, 0) is 21.2 Å². The lowest BCUT2D eigenvalue weighted by molar-refractivity contribution is -0.117. The van der Waals surface area contributed by atoms with Gasteiger partial charge in [-0.15, -0.1) is 0 Å². The Morgan fingerprint density at radius 2 is 1.85 bits per heavy atom. The zero-order valence-corrected chi connectivity index (χ0v) is 16.8. The first-order valence-electron chi connectivity index (χ1n) is 9.31. The Kier molecular flexibility index (Phi) is 5.26. The van der Waals surface area contributed by atoms with Crippen molar-refractivity contribution in [2.24, 2.45) is 11.8 Å². The summed E-state index contributed by atoms with van der Waals surface area (Å²) in [5, 5.41) is 2.89. The van der Waals surface area contributed by atoms with Crippen molar-refractivity contribution < 1.29 is 13.2 Å². The number of fused-ring (bicyclic) bond motifs is 1. The van der Waals surface area contributed by atoms with E-state index in [9.17, 15) is 13.2 Å². The van der Waals surface area contributed by atoms with Crippen LogP contribution in [0, 0.1) is 11.8 Å². The van der Waals surface area contributed by atoms with Crippen LogP contribution in [0.1, 0.15) is 45.2 Å². The zero-order valence-electron chi connectivity index (χ0n) is 16.0. The lowest BCUT2D eigenvalue weighted by Gasteiger charge is -2.34. The van der Waals surface area contributed by atoms with Gasteiger partial charge in [0.05, 0.1) is 4.90 Å². The quantitative estimate of drug-likeness (QED) is 0.879. The molecule has 2 atom stereocenters. The highest BCUT2D eigenvalue weighted by Gasteiger charge is 2.32. The van der Waals surface area contributed by atoms with Crippen LogP contribution in [0.3, 0.4) is 0 Å². The monoisotopic (exact) mass is 376 g/mol. The van der Waals surface area contributed by atoms with E-state index in [0.29, 0.717) is 41.8 Å². The van der Waals surface area contributed by atoms with E-state index in [1.54, 1.807) is 16.4 Å². The summed E-state index contributed by atoms with van der Waals surface area (Å²) < 4.78 is 27.7. The first-order valence-corrected chi connectivity index (χ1v) is 10.8. The summed E-state index contributed by atoms with van der Waals surface area (Å²) in [6, 6.07) is 5.30. The fourth-order valence-electron chi connectivity index (χ4n) is 3.92. The van der Waals surface area contributed by atoms with Crippen molar-refractivity contribution in [2.45, 2.75) is 51.5 Å². The molecular formula is C20H28N2O3S. The van der Waals surface area contributed by atoms with E-state index in [2.05, 4.69) is 19.2 Å². The molecule has 1 aromatic rings. The molecule has 142 valence electrons. The highest BCUT2D eigenvalue weighted by atomic mass is 32.2. The molecule has 1 amide bonds. The van der Waals surface area contributed by atoms with Gasteiger partial charge in [-0.1, -0.05) is 19.9 Å². The lowest BCUT2D eigenvalue weighted by atomic mass is 9.94. The van der Waals surface area contributed by atoms with Gasteiger partial charge < -0.3 is 5.32 Å². The maximum absolute atomic E-state index is 13.1. The number of sulfonamides is 1. The van der Waals surface area contributed by atoms with Crippen LogP contribution in [0.2, 0.25) is 0 Å². The third kappa shape index (κ3) is 3.86. The van der Waals surface area contributed by atoms with E-state index in [1.807, 2.05) is 26.0 Å². The van der Waals surface area contributed by atoms with Gasteiger partial charge in [0.2, 0.25) is 15.9 Å². The summed E-state index contributed by atoms with van der Waals surface area (Å²) in [5.74, 6) is 0.655. The van der Waals surface area contributed by atoms with E-state index in [-0.39, 0.29) is 11.9 Å². The second-order valence-electron chi connectivity index (χ2n) is 8.10. The van der Waals surface area contributed by atoms with Crippen LogP contribution < -0.4 is 5.32 Å². The molecule has 1 saturated heterocycles. The molecule has 1 aliphatic carbocycles. The molecule has 0 bridgehead atoms. The van der Waals surface area contributed by atoms with Gasteiger partial charge in [0.1, 0.15) is 0 Å². The van der Waals surface area contributed by atoms with Crippen LogP contribution in [0.4, 0.5) is 0 Å². The van der Waals surface area contributed by atoms with Crippen molar-refractivity contribution in [3.8, 4) is 0 Å². The van der Waals surface area contributed by atoms with E-state index in [0.717, 1.165) is 17.5 Å². The molecule has 1 aromatic carbocycles. The first kappa shape index (κ1) is 19.1. The van der Waals surface area contributed by atoms with Gasteiger partial charge in [-0.2, -0.15) is 4.31 Å². The minimum Gasteiger partial charge on any atom is -0.350 e. The fourth-order valence-corrected chi connectivity index (χ4v) is 5.64. The van der Waals surface area contributed by atoms with Crippen LogP contribution in [0.5, 0.6) is 0 Å². The molecule has 2 aliphatic rings. The number of benzene rings is 1. The van der Waals surface area contributed by atoms with Crippen LogP contribution in [0.15, 0.2) is 28.7 Å². The number of nitrogens with one attached hydrogen (secondary N) is 1. The average Bonchev–Trinajstić information content (AvgIpc) is 2.96. The Labute approximate surface area is 156 Å². The number of piperidine rings is 1. The third-order valence-corrected chi connectivity index (χ3v) is 6.84. The molecule has 3 rings (SSSR count). The molecular weight excluding hydrogens is 348 g/mol. The van der Waals surface area contributed by atoms with Gasteiger partial charge in [-0.25, -0.2) is 8.42 Å². The van der Waals surface area contributed by atoms with Crippen LogP contribution in [0.25, 0.3) is 6.08 Å².